The fourth-order valence-corrected chi connectivity index (χ4v) is 5.61. The van der Waals surface area contributed by atoms with Crippen LogP contribution in [-0.4, -0.2) is 106 Å². The van der Waals surface area contributed by atoms with Crippen LogP contribution in [0.3, 0.4) is 0 Å². The van der Waals surface area contributed by atoms with Crippen molar-refractivity contribution in [1.29, 1.82) is 0 Å². The van der Waals surface area contributed by atoms with Gasteiger partial charge in [0.1, 0.15) is 62.2 Å². The molecular formula is C31H34ClF2NO11. The van der Waals surface area contributed by atoms with E-state index < -0.39 is 78.7 Å². The summed E-state index contributed by atoms with van der Waals surface area (Å²) in [5.74, 6) is -2.51. The Kier molecular flexibility index (Phi) is 10.6. The lowest BCUT2D eigenvalue weighted by Crippen LogP contribution is -2.67. The molecule has 1 saturated carbocycles. The first-order valence-corrected chi connectivity index (χ1v) is 14.7. The number of amides is 1. The van der Waals surface area contributed by atoms with E-state index in [9.17, 15) is 34.7 Å². The van der Waals surface area contributed by atoms with Gasteiger partial charge in [0.05, 0.1) is 6.04 Å². The van der Waals surface area contributed by atoms with Crippen molar-refractivity contribution in [2.24, 2.45) is 0 Å². The van der Waals surface area contributed by atoms with Crippen LogP contribution in [0.5, 0.6) is 11.5 Å². The maximum absolute atomic E-state index is 15.0. The standard InChI is InChI=1S/C31H34ClF2NO11/c1-13(7-8-42-19-6-4-16(32)11-18(19)34)27-25(39)26(40)31(46-27)45-20-5-3-15(10-17(20)33)9-14(2)30(41)35-21-22(36)24(38)29-28(23(21)37)43-12-44-29/h3-7,9-11,21-29,31,36-40H,8,12H2,1-2H3,(H,35,41)/b13-7-,14-9+/t21-,22+,23-,24-,25+,26+,27-,28+,29-,31-/m1/s1. The molecule has 2 aromatic carbocycles. The van der Waals surface area contributed by atoms with Crippen molar-refractivity contribution in [1.82, 2.24) is 5.32 Å². The first kappa shape index (κ1) is 34.2. The number of fused-ring (bicyclic) bond motifs is 1. The van der Waals surface area contributed by atoms with Crippen molar-refractivity contribution in [3.8, 4) is 11.5 Å². The van der Waals surface area contributed by atoms with Crippen molar-refractivity contribution in [3.63, 3.8) is 0 Å². The van der Waals surface area contributed by atoms with E-state index in [0.717, 1.165) is 12.1 Å². The second kappa shape index (κ2) is 14.3. The summed E-state index contributed by atoms with van der Waals surface area (Å²) in [4.78, 5) is 12.8. The summed E-state index contributed by atoms with van der Waals surface area (Å²) >= 11 is 5.74. The Hall–Kier alpha value is -3.18. The smallest absolute Gasteiger partial charge is 0.247 e. The van der Waals surface area contributed by atoms with Crippen molar-refractivity contribution in [2.75, 3.05) is 13.4 Å². The minimum absolute atomic E-state index is 0.0264. The zero-order valence-corrected chi connectivity index (χ0v) is 25.4. The second-order valence-electron chi connectivity index (χ2n) is 11.2. The summed E-state index contributed by atoms with van der Waals surface area (Å²) in [5.41, 5.74) is 0.809. The molecule has 250 valence electrons. The predicted octanol–water partition coefficient (Wildman–Crippen LogP) is 1.19. The monoisotopic (exact) mass is 669 g/mol. The quantitative estimate of drug-likeness (QED) is 0.167. The van der Waals surface area contributed by atoms with E-state index in [1.54, 1.807) is 6.92 Å². The second-order valence-corrected chi connectivity index (χ2v) is 11.7. The van der Waals surface area contributed by atoms with E-state index in [1.165, 1.54) is 43.3 Å². The maximum Gasteiger partial charge on any atom is 0.247 e. The lowest BCUT2D eigenvalue weighted by atomic mass is 9.83. The van der Waals surface area contributed by atoms with Crippen LogP contribution in [0.2, 0.25) is 5.02 Å². The summed E-state index contributed by atoms with van der Waals surface area (Å²) in [6.07, 6.45) is -8.67. The fraction of sp³-hybridized carbons (Fsp3) is 0.452. The van der Waals surface area contributed by atoms with E-state index in [4.69, 9.17) is 35.3 Å². The molecule has 5 rings (SSSR count). The van der Waals surface area contributed by atoms with Gasteiger partial charge in [-0.25, -0.2) is 8.78 Å². The Morgan fingerprint density at radius 2 is 1.61 bits per heavy atom. The molecule has 12 nitrogen and oxygen atoms in total. The summed E-state index contributed by atoms with van der Waals surface area (Å²) in [6, 6.07) is 6.45. The average Bonchev–Trinajstić information content (AvgIpc) is 3.62. The minimum Gasteiger partial charge on any atom is -0.486 e. The van der Waals surface area contributed by atoms with Crippen LogP contribution >= 0.6 is 11.6 Å². The first-order chi connectivity index (χ1) is 21.8. The normalized spacial score (nSPS) is 33.1. The number of aliphatic hydroxyl groups excluding tert-OH is 5. The van der Waals surface area contributed by atoms with Crippen LogP contribution in [0.4, 0.5) is 8.78 Å². The molecule has 1 aliphatic carbocycles. The summed E-state index contributed by atoms with van der Waals surface area (Å²) < 4.78 is 56.0. The van der Waals surface area contributed by atoms with Crippen molar-refractivity contribution in [3.05, 3.63) is 75.8 Å². The van der Waals surface area contributed by atoms with E-state index in [-0.39, 0.29) is 41.1 Å². The molecule has 2 heterocycles. The van der Waals surface area contributed by atoms with Crippen LogP contribution in [0.25, 0.3) is 6.08 Å². The van der Waals surface area contributed by atoms with Crippen molar-refractivity contribution >= 4 is 23.6 Å². The molecule has 0 radical (unpaired) electrons. The van der Waals surface area contributed by atoms with Gasteiger partial charge in [-0.3, -0.25) is 4.79 Å². The van der Waals surface area contributed by atoms with Gasteiger partial charge in [-0.1, -0.05) is 17.7 Å². The Labute approximate surface area is 267 Å². The predicted molar refractivity (Wildman–Crippen MR) is 157 cm³/mol. The van der Waals surface area contributed by atoms with Gasteiger partial charge in [-0.2, -0.15) is 0 Å². The number of halogens is 3. The third-order valence-electron chi connectivity index (χ3n) is 8.05. The molecule has 2 saturated heterocycles. The van der Waals surface area contributed by atoms with Crippen LogP contribution in [0.15, 0.2) is 53.6 Å². The molecule has 6 N–H and O–H groups in total. The average molecular weight is 670 g/mol. The zero-order valence-electron chi connectivity index (χ0n) is 24.6. The van der Waals surface area contributed by atoms with Gasteiger partial charge in [0, 0.05) is 10.6 Å². The van der Waals surface area contributed by atoms with E-state index in [0.29, 0.717) is 5.57 Å². The number of carbonyl (C=O) groups excluding carboxylic acids is 1. The van der Waals surface area contributed by atoms with Gasteiger partial charge in [0.15, 0.2) is 23.1 Å². The highest BCUT2D eigenvalue weighted by atomic mass is 35.5. The van der Waals surface area contributed by atoms with Gasteiger partial charge in [-0.15, -0.1) is 0 Å². The molecule has 2 aliphatic heterocycles. The maximum atomic E-state index is 15.0. The molecule has 15 heteroatoms. The number of hydrogen-bond acceptors (Lipinski definition) is 11. The SMILES string of the molecule is C/C(=C/COc1ccc(Cl)cc1F)[C@H]1O[C@@H](Oc2ccc(/C=C(\C)C(=O)N[C@@H]3[C@H](O)[C@@H](O)[C@H]4OCO[C@H]4[C@@H]3O)cc2F)[C@@H](O)[C@@H]1O. The highest BCUT2D eigenvalue weighted by Gasteiger charge is 2.53. The summed E-state index contributed by atoms with van der Waals surface area (Å²) in [6.45, 7) is 2.80. The van der Waals surface area contributed by atoms with E-state index in [2.05, 4.69) is 5.32 Å². The lowest BCUT2D eigenvalue weighted by Gasteiger charge is -2.41. The molecule has 10 atom stereocenters. The first-order valence-electron chi connectivity index (χ1n) is 14.3. The largest absolute Gasteiger partial charge is 0.486 e. The van der Waals surface area contributed by atoms with Gasteiger partial charge in [0.2, 0.25) is 12.2 Å². The van der Waals surface area contributed by atoms with Crippen LogP contribution in [0, 0.1) is 11.6 Å². The van der Waals surface area contributed by atoms with E-state index >= 15 is 4.39 Å². The molecule has 2 aromatic rings. The highest BCUT2D eigenvalue weighted by Crippen LogP contribution is 2.32. The number of benzene rings is 2. The highest BCUT2D eigenvalue weighted by molar-refractivity contribution is 6.30. The number of nitrogens with one attached hydrogen (secondary N) is 1. The van der Waals surface area contributed by atoms with Crippen molar-refractivity contribution in [2.45, 2.75) is 75.0 Å². The molecule has 0 spiro atoms. The molecule has 46 heavy (non-hydrogen) atoms. The van der Waals surface area contributed by atoms with E-state index in [1.807, 2.05) is 0 Å². The van der Waals surface area contributed by atoms with Crippen LogP contribution in [0.1, 0.15) is 19.4 Å². The molecule has 0 aromatic heterocycles. The fourth-order valence-electron chi connectivity index (χ4n) is 5.46. The lowest BCUT2D eigenvalue weighted by molar-refractivity contribution is -0.155. The molecular weight excluding hydrogens is 636 g/mol. The molecule has 0 unspecified atom stereocenters. The Morgan fingerprint density at radius 1 is 0.935 bits per heavy atom. The number of rotatable bonds is 9. The van der Waals surface area contributed by atoms with Gasteiger partial charge in [0.25, 0.3) is 0 Å². The molecule has 1 amide bonds. The summed E-state index contributed by atoms with van der Waals surface area (Å²) in [5, 5.41) is 55.0. The van der Waals surface area contributed by atoms with Crippen LogP contribution < -0.4 is 14.8 Å². The van der Waals surface area contributed by atoms with Crippen LogP contribution in [-0.2, 0) is 19.0 Å². The summed E-state index contributed by atoms with van der Waals surface area (Å²) in [7, 11) is 0. The number of ether oxygens (including phenoxy) is 5. The van der Waals surface area contributed by atoms with Gasteiger partial charge < -0.3 is 54.5 Å². The Morgan fingerprint density at radius 3 is 2.30 bits per heavy atom. The molecule has 3 aliphatic rings. The molecule has 0 bridgehead atoms. The zero-order chi connectivity index (χ0) is 33.3. The van der Waals surface area contributed by atoms with Gasteiger partial charge in [-0.05, 0) is 67.5 Å². The number of hydrogen-bond donors (Lipinski definition) is 6. The van der Waals surface area contributed by atoms with Crippen molar-refractivity contribution < 1.29 is 62.8 Å². The minimum atomic E-state index is -1.53. The van der Waals surface area contributed by atoms with Gasteiger partial charge >= 0.3 is 0 Å². The molecule has 3 fully saturated rings. The third kappa shape index (κ3) is 7.20. The third-order valence-corrected chi connectivity index (χ3v) is 8.28. The topological polar surface area (TPSA) is 176 Å². The Balaban J connectivity index is 1.18. The number of aliphatic hydroxyl groups is 5. The number of carbonyl (C=O) groups is 1. The Bertz CT molecular complexity index is 1490.